The molecule has 0 bridgehead atoms. The first-order valence-electron chi connectivity index (χ1n) is 4.96. The topological polar surface area (TPSA) is 26.0 Å². The fourth-order valence-corrected chi connectivity index (χ4v) is 2.32. The van der Waals surface area contributed by atoms with Gasteiger partial charge in [-0.2, -0.15) is 11.8 Å². The molecule has 0 aliphatic rings. The van der Waals surface area contributed by atoms with Crippen LogP contribution >= 0.6 is 11.8 Å². The molecule has 1 unspecified atom stereocenters. The van der Waals surface area contributed by atoms with Gasteiger partial charge in [0.25, 0.3) is 0 Å². The van der Waals surface area contributed by atoms with Crippen molar-refractivity contribution >= 4 is 11.8 Å². The lowest BCUT2D eigenvalue weighted by Crippen LogP contribution is -2.27. The van der Waals surface area contributed by atoms with E-state index in [1.807, 2.05) is 11.8 Å². The van der Waals surface area contributed by atoms with Crippen LogP contribution in [0.3, 0.4) is 0 Å². The van der Waals surface area contributed by atoms with Gasteiger partial charge in [0.2, 0.25) is 0 Å². The van der Waals surface area contributed by atoms with Crippen molar-refractivity contribution in [1.82, 2.24) is 0 Å². The van der Waals surface area contributed by atoms with E-state index in [0.29, 0.717) is 5.41 Å². The van der Waals surface area contributed by atoms with Crippen molar-refractivity contribution in [3.05, 3.63) is 0 Å². The molecule has 1 nitrogen and oxygen atoms in total. The molecule has 2 heteroatoms. The van der Waals surface area contributed by atoms with Crippen molar-refractivity contribution in [1.29, 1.82) is 0 Å². The van der Waals surface area contributed by atoms with Gasteiger partial charge in [-0.15, -0.1) is 0 Å². The van der Waals surface area contributed by atoms with E-state index in [0.717, 1.165) is 6.54 Å². The molecule has 0 aromatic carbocycles. The SMILES string of the molecule is CCCC(C)(CN)CCSCC. The van der Waals surface area contributed by atoms with Gasteiger partial charge >= 0.3 is 0 Å². The summed E-state index contributed by atoms with van der Waals surface area (Å²) in [6, 6.07) is 0. The number of rotatable bonds is 7. The van der Waals surface area contributed by atoms with Gasteiger partial charge < -0.3 is 5.73 Å². The summed E-state index contributed by atoms with van der Waals surface area (Å²) in [4.78, 5) is 0. The van der Waals surface area contributed by atoms with E-state index >= 15 is 0 Å². The Morgan fingerprint density at radius 1 is 1.25 bits per heavy atom. The molecule has 0 rings (SSSR count). The summed E-state index contributed by atoms with van der Waals surface area (Å²) < 4.78 is 0. The second kappa shape index (κ2) is 6.79. The minimum absolute atomic E-state index is 0.400. The van der Waals surface area contributed by atoms with E-state index < -0.39 is 0 Å². The monoisotopic (exact) mass is 189 g/mol. The summed E-state index contributed by atoms with van der Waals surface area (Å²) in [7, 11) is 0. The summed E-state index contributed by atoms with van der Waals surface area (Å²) in [6.45, 7) is 7.60. The van der Waals surface area contributed by atoms with Crippen molar-refractivity contribution in [2.45, 2.75) is 40.0 Å². The first-order valence-corrected chi connectivity index (χ1v) is 6.12. The number of hydrogen-bond donors (Lipinski definition) is 1. The summed E-state index contributed by atoms with van der Waals surface area (Å²) in [5, 5.41) is 0. The van der Waals surface area contributed by atoms with Crippen molar-refractivity contribution in [3.63, 3.8) is 0 Å². The average Bonchev–Trinajstić information content (AvgIpc) is 2.06. The molecule has 0 saturated carbocycles. The molecule has 0 saturated heterocycles. The zero-order chi connectivity index (χ0) is 9.45. The van der Waals surface area contributed by atoms with Gasteiger partial charge in [-0.25, -0.2) is 0 Å². The first-order chi connectivity index (χ1) is 5.68. The predicted octanol–water partition coefficient (Wildman–Crippen LogP) is 2.89. The molecule has 0 heterocycles. The highest BCUT2D eigenvalue weighted by atomic mass is 32.2. The van der Waals surface area contributed by atoms with Crippen LogP contribution in [-0.2, 0) is 0 Å². The van der Waals surface area contributed by atoms with Crippen molar-refractivity contribution in [2.24, 2.45) is 11.1 Å². The van der Waals surface area contributed by atoms with Crippen molar-refractivity contribution < 1.29 is 0 Å². The van der Waals surface area contributed by atoms with Crippen molar-refractivity contribution in [3.8, 4) is 0 Å². The van der Waals surface area contributed by atoms with Crippen molar-refractivity contribution in [2.75, 3.05) is 18.1 Å². The fourth-order valence-electron chi connectivity index (χ4n) is 1.40. The van der Waals surface area contributed by atoms with E-state index in [2.05, 4.69) is 20.8 Å². The maximum absolute atomic E-state index is 5.77. The molecule has 74 valence electrons. The second-order valence-corrected chi connectivity index (χ2v) is 5.11. The Bertz CT molecular complexity index is 106. The van der Waals surface area contributed by atoms with Crippen LogP contribution in [0.1, 0.15) is 40.0 Å². The number of thioether (sulfide) groups is 1. The summed E-state index contributed by atoms with van der Waals surface area (Å²) >= 11 is 2.02. The Morgan fingerprint density at radius 2 is 1.92 bits per heavy atom. The maximum Gasteiger partial charge on any atom is -0.00229 e. The molecule has 0 aliphatic carbocycles. The van der Waals surface area contributed by atoms with Crippen LogP contribution in [0.5, 0.6) is 0 Å². The van der Waals surface area contributed by atoms with Crippen LogP contribution in [0, 0.1) is 5.41 Å². The highest BCUT2D eigenvalue weighted by Gasteiger charge is 2.20. The van der Waals surface area contributed by atoms with Gasteiger partial charge in [-0.1, -0.05) is 27.2 Å². The van der Waals surface area contributed by atoms with Gasteiger partial charge in [0.15, 0.2) is 0 Å². The zero-order valence-corrected chi connectivity index (χ0v) is 9.54. The highest BCUT2D eigenvalue weighted by Crippen LogP contribution is 2.27. The molecule has 0 aromatic heterocycles. The van der Waals surface area contributed by atoms with Crippen LogP contribution in [0.4, 0.5) is 0 Å². The number of nitrogens with two attached hydrogens (primary N) is 1. The van der Waals surface area contributed by atoms with E-state index in [9.17, 15) is 0 Å². The van der Waals surface area contributed by atoms with Gasteiger partial charge in [0, 0.05) is 0 Å². The van der Waals surface area contributed by atoms with Crippen LogP contribution in [0.2, 0.25) is 0 Å². The molecule has 0 aliphatic heterocycles. The number of hydrogen-bond acceptors (Lipinski definition) is 2. The van der Waals surface area contributed by atoms with E-state index in [1.165, 1.54) is 30.8 Å². The molecule has 0 fully saturated rings. The molecule has 1 atom stereocenters. The summed E-state index contributed by atoms with van der Waals surface area (Å²) in [5.74, 6) is 2.50. The lowest BCUT2D eigenvalue weighted by Gasteiger charge is -2.27. The first kappa shape index (κ1) is 12.3. The fraction of sp³-hybridized carbons (Fsp3) is 1.00. The molecule has 0 amide bonds. The Kier molecular flexibility index (Phi) is 6.96. The largest absolute Gasteiger partial charge is 0.330 e. The van der Waals surface area contributed by atoms with Crippen LogP contribution < -0.4 is 5.73 Å². The Labute approximate surface area is 81.5 Å². The highest BCUT2D eigenvalue weighted by molar-refractivity contribution is 7.99. The quantitative estimate of drug-likeness (QED) is 0.623. The lowest BCUT2D eigenvalue weighted by atomic mass is 9.83. The average molecular weight is 189 g/mol. The Hall–Kier alpha value is 0.310. The Balaban J connectivity index is 3.63. The van der Waals surface area contributed by atoms with Gasteiger partial charge in [0.05, 0.1) is 0 Å². The molecule has 0 radical (unpaired) electrons. The molecule has 0 aromatic rings. The summed E-state index contributed by atoms with van der Waals surface area (Å²) in [5.41, 5.74) is 6.17. The van der Waals surface area contributed by atoms with Crippen LogP contribution in [0.25, 0.3) is 0 Å². The molecule has 2 N–H and O–H groups in total. The predicted molar refractivity (Wildman–Crippen MR) is 59.7 cm³/mol. The molecular weight excluding hydrogens is 166 g/mol. The third-order valence-electron chi connectivity index (χ3n) is 2.40. The van der Waals surface area contributed by atoms with Crippen LogP contribution in [0.15, 0.2) is 0 Å². The van der Waals surface area contributed by atoms with E-state index in [4.69, 9.17) is 5.73 Å². The molecule has 12 heavy (non-hydrogen) atoms. The third kappa shape index (κ3) is 5.04. The molecular formula is C10H23NS. The lowest BCUT2D eigenvalue weighted by molar-refractivity contribution is 0.296. The minimum atomic E-state index is 0.400. The summed E-state index contributed by atoms with van der Waals surface area (Å²) in [6.07, 6.45) is 3.80. The normalized spacial score (nSPS) is 16.0. The Morgan fingerprint density at radius 3 is 2.33 bits per heavy atom. The third-order valence-corrected chi connectivity index (χ3v) is 3.30. The van der Waals surface area contributed by atoms with E-state index in [-0.39, 0.29) is 0 Å². The minimum Gasteiger partial charge on any atom is -0.330 e. The van der Waals surface area contributed by atoms with Crippen LogP contribution in [-0.4, -0.2) is 18.1 Å². The molecule has 0 spiro atoms. The smallest absolute Gasteiger partial charge is 0.00229 e. The van der Waals surface area contributed by atoms with Gasteiger partial charge in [0.1, 0.15) is 0 Å². The zero-order valence-electron chi connectivity index (χ0n) is 8.73. The van der Waals surface area contributed by atoms with Gasteiger partial charge in [-0.3, -0.25) is 0 Å². The maximum atomic E-state index is 5.77. The second-order valence-electron chi connectivity index (χ2n) is 3.71. The van der Waals surface area contributed by atoms with Gasteiger partial charge in [-0.05, 0) is 36.3 Å². The standard InChI is InChI=1S/C10H23NS/c1-4-6-10(3,9-11)7-8-12-5-2/h4-9,11H2,1-3H3. The van der Waals surface area contributed by atoms with E-state index in [1.54, 1.807) is 0 Å².